The van der Waals surface area contributed by atoms with Crippen LogP contribution in [-0.4, -0.2) is 69.2 Å². The molecule has 1 aromatic carbocycles. The summed E-state index contributed by atoms with van der Waals surface area (Å²) in [5.74, 6) is -0.263. The predicted octanol–water partition coefficient (Wildman–Crippen LogP) is 2.13. The number of likely N-dealkylation sites (tertiary alicyclic amines) is 1. The Morgan fingerprint density at radius 1 is 1.16 bits per heavy atom. The zero-order chi connectivity index (χ0) is 25.9. The molecule has 1 aromatic heterocycles. The summed E-state index contributed by atoms with van der Waals surface area (Å²) in [7, 11) is 0. The largest absolute Gasteiger partial charge is 0.492 e. The third kappa shape index (κ3) is 4.26. The minimum atomic E-state index is -4.31. The predicted molar refractivity (Wildman–Crippen MR) is 122 cm³/mol. The van der Waals surface area contributed by atoms with E-state index in [0.717, 1.165) is 53.1 Å². The lowest BCUT2D eigenvalue weighted by Gasteiger charge is -2.38. The number of ether oxygens (including phenoxy) is 1. The van der Waals surface area contributed by atoms with Crippen LogP contribution in [0.3, 0.4) is 0 Å². The summed E-state index contributed by atoms with van der Waals surface area (Å²) in [5, 5.41) is 6.15. The van der Waals surface area contributed by atoms with Gasteiger partial charge in [0.05, 0.1) is 19.3 Å². The summed E-state index contributed by atoms with van der Waals surface area (Å²) >= 11 is 0. The van der Waals surface area contributed by atoms with E-state index in [1.165, 1.54) is 17.3 Å². The van der Waals surface area contributed by atoms with Crippen LogP contribution in [0.2, 0.25) is 0 Å². The fraction of sp³-hybridized carbons (Fsp3) is 0.520. The Morgan fingerprint density at radius 2 is 1.95 bits per heavy atom. The van der Waals surface area contributed by atoms with Crippen molar-refractivity contribution in [3.8, 4) is 5.75 Å². The van der Waals surface area contributed by atoms with Gasteiger partial charge in [-0.2, -0.15) is 18.3 Å². The van der Waals surface area contributed by atoms with E-state index in [1.54, 1.807) is 0 Å². The lowest BCUT2D eigenvalue weighted by atomic mass is 9.74. The molecule has 0 radical (unpaired) electrons. The molecule has 0 bridgehead atoms. The number of imide groups is 1. The van der Waals surface area contributed by atoms with Gasteiger partial charge in [0.15, 0.2) is 0 Å². The Bertz CT molecular complexity index is 1280. The normalized spacial score (nSPS) is 23.3. The van der Waals surface area contributed by atoms with E-state index in [-0.39, 0.29) is 30.2 Å². The number of amides is 3. The maximum atomic E-state index is 13.1. The first-order valence-corrected chi connectivity index (χ1v) is 12.4. The van der Waals surface area contributed by atoms with Gasteiger partial charge in [-0.15, -0.1) is 0 Å². The zero-order valence-electron chi connectivity index (χ0n) is 20.0. The van der Waals surface area contributed by atoms with Crippen molar-refractivity contribution in [3.63, 3.8) is 0 Å². The van der Waals surface area contributed by atoms with E-state index >= 15 is 0 Å². The molecule has 1 N–H and O–H groups in total. The Kier molecular flexibility index (Phi) is 5.55. The maximum absolute atomic E-state index is 13.1. The first-order valence-electron chi connectivity index (χ1n) is 12.4. The summed E-state index contributed by atoms with van der Waals surface area (Å²) in [6.45, 7) is 1.72. The van der Waals surface area contributed by atoms with Crippen LogP contribution in [0.15, 0.2) is 24.5 Å². The number of hydrogen-bond acceptors (Lipinski definition) is 6. The third-order valence-electron chi connectivity index (χ3n) is 7.98. The van der Waals surface area contributed by atoms with Gasteiger partial charge in [-0.1, -0.05) is 6.07 Å². The Labute approximate surface area is 210 Å². The average molecular weight is 518 g/mol. The van der Waals surface area contributed by atoms with E-state index in [1.807, 2.05) is 12.1 Å². The molecule has 2 fully saturated rings. The summed E-state index contributed by atoms with van der Waals surface area (Å²) in [6.07, 6.45) is 0.774. The Morgan fingerprint density at radius 3 is 2.68 bits per heavy atom. The first kappa shape index (κ1) is 24.0. The van der Waals surface area contributed by atoms with Crippen molar-refractivity contribution in [2.75, 3.05) is 19.7 Å². The number of aromatic nitrogens is 2. The molecule has 0 saturated carbocycles. The number of piperidine rings is 2. The lowest BCUT2D eigenvalue weighted by molar-refractivity contribution is -0.142. The van der Waals surface area contributed by atoms with Gasteiger partial charge in [0.2, 0.25) is 11.8 Å². The van der Waals surface area contributed by atoms with Crippen molar-refractivity contribution in [2.45, 2.75) is 63.0 Å². The third-order valence-corrected chi connectivity index (χ3v) is 7.98. The summed E-state index contributed by atoms with van der Waals surface area (Å²) < 4.78 is 45.0. The second kappa shape index (κ2) is 8.57. The van der Waals surface area contributed by atoms with Crippen molar-refractivity contribution < 1.29 is 32.3 Å². The van der Waals surface area contributed by atoms with Crippen LogP contribution in [0, 0.1) is 0 Å². The van der Waals surface area contributed by atoms with E-state index in [0.29, 0.717) is 25.1 Å². The summed E-state index contributed by atoms with van der Waals surface area (Å²) in [6, 6.07) is 3.11. The molecule has 2 aromatic rings. The van der Waals surface area contributed by atoms with E-state index in [4.69, 9.17) is 4.74 Å². The topological polar surface area (TPSA) is 96.8 Å². The van der Waals surface area contributed by atoms with Gasteiger partial charge in [0, 0.05) is 46.8 Å². The number of carbonyl (C=O) groups excluding carboxylic acids is 3. The molecule has 1 atom stereocenters. The summed E-state index contributed by atoms with van der Waals surface area (Å²) in [4.78, 5) is 40.8. The molecule has 5 heterocycles. The minimum Gasteiger partial charge on any atom is -0.492 e. The van der Waals surface area contributed by atoms with Crippen molar-refractivity contribution in [1.29, 1.82) is 0 Å². The number of rotatable bonds is 4. The molecule has 4 aliphatic rings. The molecule has 3 amide bonds. The average Bonchev–Trinajstić information content (AvgIpc) is 3.51. The van der Waals surface area contributed by atoms with Crippen LogP contribution in [0.5, 0.6) is 5.75 Å². The van der Waals surface area contributed by atoms with E-state index < -0.39 is 24.7 Å². The second-order valence-electron chi connectivity index (χ2n) is 10.4. The van der Waals surface area contributed by atoms with Gasteiger partial charge in [-0.25, -0.2) is 0 Å². The molecule has 4 aliphatic heterocycles. The number of alkyl halides is 3. The molecule has 1 spiro atoms. The highest BCUT2D eigenvalue weighted by Crippen LogP contribution is 2.49. The number of hydrogen-bond donors (Lipinski definition) is 1. The molecule has 2 saturated heterocycles. The molecule has 196 valence electrons. The lowest BCUT2D eigenvalue weighted by Crippen LogP contribution is -2.52. The van der Waals surface area contributed by atoms with Gasteiger partial charge < -0.3 is 9.64 Å². The summed E-state index contributed by atoms with van der Waals surface area (Å²) in [5.41, 5.74) is 2.96. The smallest absolute Gasteiger partial charge is 0.408 e. The second-order valence-corrected chi connectivity index (χ2v) is 10.4. The Hall–Kier alpha value is -3.41. The number of fused-ring (bicyclic) bond motifs is 4. The van der Waals surface area contributed by atoms with Gasteiger partial charge in [0.1, 0.15) is 18.3 Å². The van der Waals surface area contributed by atoms with Gasteiger partial charge in [-0.3, -0.25) is 29.3 Å². The van der Waals surface area contributed by atoms with Crippen molar-refractivity contribution in [1.82, 2.24) is 24.9 Å². The van der Waals surface area contributed by atoms with E-state index in [2.05, 4.69) is 15.3 Å². The molecule has 37 heavy (non-hydrogen) atoms. The van der Waals surface area contributed by atoms with Crippen LogP contribution in [0.25, 0.3) is 0 Å². The molecule has 0 aliphatic carbocycles. The zero-order valence-corrected chi connectivity index (χ0v) is 20.0. The van der Waals surface area contributed by atoms with Crippen LogP contribution < -0.4 is 10.1 Å². The van der Waals surface area contributed by atoms with Gasteiger partial charge in [-0.05, 0) is 38.4 Å². The number of benzene rings is 1. The number of carbonyl (C=O) groups is 3. The monoisotopic (exact) mass is 517 g/mol. The molecule has 6 rings (SSSR count). The van der Waals surface area contributed by atoms with Crippen molar-refractivity contribution in [2.24, 2.45) is 0 Å². The molecule has 9 nitrogen and oxygen atoms in total. The highest BCUT2D eigenvalue weighted by molar-refractivity contribution is 6.05. The van der Waals surface area contributed by atoms with Crippen LogP contribution in [-0.2, 0) is 34.6 Å². The molecular weight excluding hydrogens is 491 g/mol. The molecule has 1 unspecified atom stereocenters. The number of nitrogens with zero attached hydrogens (tertiary/aromatic N) is 4. The fourth-order valence-electron chi connectivity index (χ4n) is 6.05. The molecular formula is C25H26F3N5O4. The van der Waals surface area contributed by atoms with Gasteiger partial charge >= 0.3 is 6.18 Å². The van der Waals surface area contributed by atoms with Crippen molar-refractivity contribution in [3.05, 3.63) is 46.8 Å². The SMILES string of the molecule is O=C1CCC(N2Cc3c(ccc4c3OCC43CCN(Cc4cnn(CC(F)(F)F)c4)CC3)C2=O)C(=O)N1. The van der Waals surface area contributed by atoms with E-state index in [9.17, 15) is 27.6 Å². The highest BCUT2D eigenvalue weighted by atomic mass is 19.4. The highest BCUT2D eigenvalue weighted by Gasteiger charge is 2.47. The van der Waals surface area contributed by atoms with Crippen molar-refractivity contribution >= 4 is 17.7 Å². The van der Waals surface area contributed by atoms with Crippen LogP contribution in [0.1, 0.15) is 52.7 Å². The Balaban J connectivity index is 1.14. The molecule has 12 heteroatoms. The van der Waals surface area contributed by atoms with Gasteiger partial charge in [0.25, 0.3) is 5.91 Å². The minimum absolute atomic E-state index is 0.188. The number of nitrogens with one attached hydrogen (secondary N) is 1. The fourth-order valence-corrected chi connectivity index (χ4v) is 6.05. The first-order chi connectivity index (χ1) is 17.6. The maximum Gasteiger partial charge on any atom is 0.408 e. The quantitative estimate of drug-likeness (QED) is 0.625. The van der Waals surface area contributed by atoms with Crippen LogP contribution in [0.4, 0.5) is 13.2 Å². The standard InChI is InChI=1S/C25H26F3N5O4/c26-25(27,28)13-32-11-15(9-29-32)10-31-7-5-24(6-8-31)14-37-21-17-12-33(19-3-4-20(34)30-22(19)35)23(36)16(17)1-2-18(21)24/h1-2,9,11,19H,3-8,10,12-14H2,(H,30,34,35). The van der Waals surface area contributed by atoms with Crippen LogP contribution >= 0.6 is 0 Å². The number of halogens is 3.